The van der Waals surface area contributed by atoms with Crippen LogP contribution in [0.3, 0.4) is 0 Å². The van der Waals surface area contributed by atoms with Crippen molar-refractivity contribution in [3.63, 3.8) is 0 Å². The van der Waals surface area contributed by atoms with Gasteiger partial charge in [0.05, 0.1) is 0 Å². The van der Waals surface area contributed by atoms with E-state index in [1.807, 2.05) is 0 Å². The predicted molar refractivity (Wildman–Crippen MR) is 109 cm³/mol. The average molecular weight is 411 g/mol. The van der Waals surface area contributed by atoms with Crippen LogP contribution in [0.25, 0.3) is 0 Å². The predicted octanol–water partition coefficient (Wildman–Crippen LogP) is 6.65. The molecule has 0 spiro atoms. The first-order chi connectivity index (χ1) is 13.0. The van der Waals surface area contributed by atoms with Crippen LogP contribution in [-0.4, -0.2) is 22.7 Å². The van der Waals surface area contributed by atoms with Crippen LogP contribution in [0.15, 0.2) is 0 Å². The molecule has 2 N–H and O–H groups in total. The van der Waals surface area contributed by atoms with Gasteiger partial charge in [-0.25, -0.2) is 4.57 Å². The minimum absolute atomic E-state index is 0.504. The molecule has 0 rings (SSSR count). The van der Waals surface area contributed by atoms with Crippen molar-refractivity contribution < 1.29 is 28.7 Å². The van der Waals surface area contributed by atoms with Crippen molar-refractivity contribution in [1.29, 1.82) is 0 Å². The van der Waals surface area contributed by atoms with Crippen molar-refractivity contribution in [2.24, 2.45) is 0 Å². The summed E-state index contributed by atoms with van der Waals surface area (Å²) >= 11 is 0. The number of ether oxygens (including phenoxy) is 1. The van der Waals surface area contributed by atoms with E-state index in [0.29, 0.717) is 13.0 Å². The highest BCUT2D eigenvalue weighted by molar-refractivity contribution is 7.46. The molecular formula is C20H43O6P. The molecule has 7 heteroatoms. The smallest absolute Gasteiger partial charge is 0.350 e. The number of unbranched alkanes of at least 4 members (excludes halogenated alkanes) is 13. The van der Waals surface area contributed by atoms with Crippen LogP contribution in [0.5, 0.6) is 0 Å². The van der Waals surface area contributed by atoms with Crippen LogP contribution >= 0.6 is 7.82 Å². The first kappa shape index (κ1) is 27.0. The molecule has 164 valence electrons. The molecule has 0 amide bonds. The van der Waals surface area contributed by atoms with Crippen LogP contribution < -0.4 is 0 Å². The van der Waals surface area contributed by atoms with Crippen molar-refractivity contribution in [3.05, 3.63) is 0 Å². The fourth-order valence-electron chi connectivity index (χ4n) is 2.95. The molecule has 0 aromatic carbocycles. The summed E-state index contributed by atoms with van der Waals surface area (Å²) in [7, 11) is -4.63. The molecule has 0 aliphatic heterocycles. The van der Waals surface area contributed by atoms with E-state index < -0.39 is 14.1 Å². The van der Waals surface area contributed by atoms with Gasteiger partial charge in [-0.3, -0.25) is 0 Å². The number of hydrogen-bond acceptors (Lipinski definition) is 4. The van der Waals surface area contributed by atoms with Gasteiger partial charge in [0.15, 0.2) is 6.29 Å². The Balaban J connectivity index is 3.56. The van der Waals surface area contributed by atoms with Crippen LogP contribution in [0.4, 0.5) is 0 Å². The van der Waals surface area contributed by atoms with E-state index in [9.17, 15) is 4.57 Å². The fourth-order valence-corrected chi connectivity index (χ4v) is 3.16. The molecular weight excluding hydrogens is 367 g/mol. The second-order valence-electron chi connectivity index (χ2n) is 7.35. The summed E-state index contributed by atoms with van der Waals surface area (Å²) in [6, 6.07) is 0. The van der Waals surface area contributed by atoms with Crippen LogP contribution in [-0.2, 0) is 18.9 Å². The Morgan fingerprint density at radius 1 is 0.704 bits per heavy atom. The normalized spacial score (nSPS) is 13.2. The lowest BCUT2D eigenvalue weighted by Gasteiger charge is -2.17. The summed E-state index contributed by atoms with van der Waals surface area (Å²) < 4.78 is 20.4. The molecule has 0 fully saturated rings. The Morgan fingerprint density at radius 2 is 1.15 bits per heavy atom. The molecule has 0 aromatic heterocycles. The Labute approximate surface area is 166 Å². The number of hydrogen-bond donors (Lipinski definition) is 2. The van der Waals surface area contributed by atoms with E-state index in [4.69, 9.17) is 19.4 Å². The molecule has 0 aliphatic rings. The Kier molecular flexibility index (Phi) is 19.4. The maximum Gasteiger partial charge on any atom is 0.496 e. The molecule has 1 atom stereocenters. The highest BCUT2D eigenvalue weighted by Gasteiger charge is 2.20. The second kappa shape index (κ2) is 19.4. The van der Waals surface area contributed by atoms with Crippen LogP contribution in [0.1, 0.15) is 117 Å². The molecule has 0 saturated carbocycles. The summed E-state index contributed by atoms with van der Waals surface area (Å²) in [6.45, 7) is 4.81. The van der Waals surface area contributed by atoms with Gasteiger partial charge in [-0.2, -0.15) is 4.89 Å². The fraction of sp³-hybridized carbons (Fsp3) is 1.00. The van der Waals surface area contributed by atoms with Crippen molar-refractivity contribution in [3.8, 4) is 0 Å². The number of rotatable bonds is 21. The van der Waals surface area contributed by atoms with Gasteiger partial charge in [-0.1, -0.05) is 97.3 Å². The lowest BCUT2D eigenvalue weighted by molar-refractivity contribution is -0.329. The lowest BCUT2D eigenvalue weighted by Crippen LogP contribution is -2.18. The molecule has 0 aromatic rings. The van der Waals surface area contributed by atoms with Gasteiger partial charge in [-0.15, -0.1) is 4.67 Å². The third-order valence-corrected chi connectivity index (χ3v) is 4.87. The van der Waals surface area contributed by atoms with Crippen molar-refractivity contribution in [2.45, 2.75) is 123 Å². The van der Waals surface area contributed by atoms with Gasteiger partial charge in [0, 0.05) is 13.0 Å². The number of phosphoric acid groups is 1. The SMILES string of the molecule is CCCCCCCCCCCCCCCC(OCCCC)OOP(=O)(O)O. The quantitative estimate of drug-likeness (QED) is 0.0724. The van der Waals surface area contributed by atoms with E-state index >= 15 is 0 Å². The van der Waals surface area contributed by atoms with Gasteiger partial charge in [0.2, 0.25) is 0 Å². The van der Waals surface area contributed by atoms with Crippen LogP contribution in [0, 0.1) is 0 Å². The zero-order valence-corrected chi connectivity index (χ0v) is 18.5. The van der Waals surface area contributed by atoms with Crippen molar-refractivity contribution >= 4 is 7.82 Å². The minimum Gasteiger partial charge on any atom is -0.350 e. The lowest BCUT2D eigenvalue weighted by atomic mass is 10.0. The summed E-state index contributed by atoms with van der Waals surface area (Å²) in [6.07, 6.45) is 18.4. The third-order valence-electron chi connectivity index (χ3n) is 4.59. The van der Waals surface area contributed by atoms with Crippen LogP contribution in [0.2, 0.25) is 0 Å². The van der Waals surface area contributed by atoms with Crippen molar-refractivity contribution in [2.75, 3.05) is 6.61 Å². The topological polar surface area (TPSA) is 85.2 Å². The van der Waals surface area contributed by atoms with Gasteiger partial charge in [0.25, 0.3) is 0 Å². The van der Waals surface area contributed by atoms with Crippen molar-refractivity contribution in [1.82, 2.24) is 0 Å². The molecule has 6 nitrogen and oxygen atoms in total. The highest BCUT2D eigenvalue weighted by Crippen LogP contribution is 2.36. The maximum atomic E-state index is 10.7. The summed E-state index contributed by atoms with van der Waals surface area (Å²) in [4.78, 5) is 22.2. The van der Waals surface area contributed by atoms with E-state index in [0.717, 1.165) is 25.7 Å². The molecule has 0 aliphatic carbocycles. The van der Waals surface area contributed by atoms with Gasteiger partial charge in [0.1, 0.15) is 0 Å². The van der Waals surface area contributed by atoms with E-state index in [1.54, 1.807) is 0 Å². The zero-order valence-electron chi connectivity index (χ0n) is 17.6. The van der Waals surface area contributed by atoms with E-state index in [1.165, 1.54) is 70.6 Å². The van der Waals surface area contributed by atoms with Gasteiger partial charge in [-0.05, 0) is 12.8 Å². The minimum atomic E-state index is -4.63. The zero-order chi connectivity index (χ0) is 20.2. The molecule has 0 bridgehead atoms. The molecule has 27 heavy (non-hydrogen) atoms. The Bertz CT molecular complexity index is 347. The Hall–Kier alpha value is 0.0300. The largest absolute Gasteiger partial charge is 0.496 e. The average Bonchev–Trinajstić information content (AvgIpc) is 2.62. The van der Waals surface area contributed by atoms with Gasteiger partial charge >= 0.3 is 7.82 Å². The van der Waals surface area contributed by atoms with E-state index in [2.05, 4.69) is 18.5 Å². The maximum absolute atomic E-state index is 10.7. The van der Waals surface area contributed by atoms with E-state index in [-0.39, 0.29) is 0 Å². The van der Waals surface area contributed by atoms with Gasteiger partial charge < -0.3 is 14.5 Å². The highest BCUT2D eigenvalue weighted by atomic mass is 31.2. The first-order valence-electron chi connectivity index (χ1n) is 11.0. The summed E-state index contributed by atoms with van der Waals surface area (Å²) in [5.74, 6) is 0. The molecule has 0 heterocycles. The molecule has 1 unspecified atom stereocenters. The monoisotopic (exact) mass is 410 g/mol. The molecule has 0 radical (unpaired) electrons. The second-order valence-corrected chi connectivity index (χ2v) is 8.48. The summed E-state index contributed by atoms with van der Waals surface area (Å²) in [5.41, 5.74) is 0. The third kappa shape index (κ3) is 22.2. The summed E-state index contributed by atoms with van der Waals surface area (Å²) in [5, 5.41) is 0. The standard InChI is InChI=1S/C20H43O6P/c1-3-5-7-8-9-10-11-12-13-14-15-16-17-18-20(24-19-6-4-2)25-26-27(21,22)23/h20H,3-19H2,1-2H3,(H2,21,22,23). The Morgan fingerprint density at radius 3 is 1.59 bits per heavy atom. The molecule has 0 saturated heterocycles. The first-order valence-corrected chi connectivity index (χ1v) is 12.5.